The van der Waals surface area contributed by atoms with Crippen molar-refractivity contribution in [1.29, 1.82) is 0 Å². The van der Waals surface area contributed by atoms with Gasteiger partial charge in [-0.15, -0.1) is 0 Å². The van der Waals surface area contributed by atoms with Crippen LogP contribution in [0.1, 0.15) is 37.4 Å². The zero-order chi connectivity index (χ0) is 25.2. The number of hydrogen-bond donors (Lipinski definition) is 1. The van der Waals surface area contributed by atoms with Crippen LogP contribution in [-0.2, 0) is 16.1 Å². The van der Waals surface area contributed by atoms with Crippen molar-refractivity contribution >= 4 is 35.0 Å². The van der Waals surface area contributed by atoms with Crippen molar-refractivity contribution in [3.63, 3.8) is 0 Å². The van der Waals surface area contributed by atoms with Crippen LogP contribution in [0.25, 0.3) is 0 Å². The molecule has 0 saturated carbocycles. The maximum absolute atomic E-state index is 13.6. The molecule has 2 amide bonds. The second-order valence-electron chi connectivity index (χ2n) is 8.65. The Balaban J connectivity index is 1.91. The number of carbonyl (C=O) groups is 2. The number of nitrogens with one attached hydrogen (secondary N) is 1. The first kappa shape index (κ1) is 26.6. The first-order chi connectivity index (χ1) is 16.8. The second kappa shape index (κ2) is 13.2. The summed E-state index contributed by atoms with van der Waals surface area (Å²) in [7, 11) is 0. The second-order valence-corrected chi connectivity index (χ2v) is 9.50. The van der Waals surface area contributed by atoms with Gasteiger partial charge in [-0.05, 0) is 47.7 Å². The lowest BCUT2D eigenvalue weighted by Crippen LogP contribution is -2.45. The van der Waals surface area contributed by atoms with Gasteiger partial charge in [-0.25, -0.2) is 0 Å². The van der Waals surface area contributed by atoms with E-state index in [0.717, 1.165) is 17.5 Å². The number of ether oxygens (including phenoxy) is 1. The molecule has 0 radical (unpaired) electrons. The summed E-state index contributed by atoms with van der Waals surface area (Å²) in [6, 6.07) is 22.6. The molecule has 0 aromatic heterocycles. The topological polar surface area (TPSA) is 58.6 Å². The Morgan fingerprint density at radius 2 is 1.57 bits per heavy atom. The Morgan fingerprint density at radius 3 is 2.23 bits per heavy atom. The number of amides is 2. The molecule has 184 valence electrons. The Labute approximate surface area is 217 Å². The SMILES string of the molecule is CC(C)CCNC(=O)[C@H](c1ccccc1)N(Cc1ccc(Cl)cc1)C(=O)COc1ccccc1Cl. The first-order valence-electron chi connectivity index (χ1n) is 11.6. The predicted octanol–water partition coefficient (Wildman–Crippen LogP) is 6.30. The standard InChI is InChI=1S/C28H30Cl2N2O3/c1-20(2)16-17-31-28(34)27(22-8-4-3-5-9-22)32(18-21-12-14-23(29)15-13-21)26(33)19-35-25-11-7-6-10-24(25)30/h3-15,20,27H,16-19H2,1-2H3,(H,31,34)/t27-/m0/s1. The summed E-state index contributed by atoms with van der Waals surface area (Å²) >= 11 is 12.3. The average molecular weight is 513 g/mol. The first-order valence-corrected chi connectivity index (χ1v) is 12.3. The number of halogens is 2. The van der Waals surface area contributed by atoms with Crippen LogP contribution in [0, 0.1) is 5.92 Å². The number of para-hydroxylation sites is 1. The van der Waals surface area contributed by atoms with Crippen LogP contribution in [0.5, 0.6) is 5.75 Å². The molecule has 0 aliphatic heterocycles. The molecule has 3 rings (SSSR count). The summed E-state index contributed by atoms with van der Waals surface area (Å²) in [5, 5.41) is 4.02. The zero-order valence-electron chi connectivity index (χ0n) is 19.9. The molecular weight excluding hydrogens is 483 g/mol. The maximum Gasteiger partial charge on any atom is 0.261 e. The molecular formula is C28H30Cl2N2O3. The molecule has 0 saturated heterocycles. The van der Waals surface area contributed by atoms with Crippen LogP contribution >= 0.6 is 23.2 Å². The van der Waals surface area contributed by atoms with E-state index in [9.17, 15) is 9.59 Å². The smallest absolute Gasteiger partial charge is 0.261 e. The number of carbonyl (C=O) groups excluding carboxylic acids is 2. The number of benzene rings is 3. The van der Waals surface area contributed by atoms with E-state index in [1.54, 1.807) is 41.3 Å². The van der Waals surface area contributed by atoms with Gasteiger partial charge in [-0.3, -0.25) is 9.59 Å². The predicted molar refractivity (Wildman–Crippen MR) is 141 cm³/mol. The molecule has 35 heavy (non-hydrogen) atoms. The Morgan fingerprint density at radius 1 is 0.914 bits per heavy atom. The highest BCUT2D eigenvalue weighted by Crippen LogP contribution is 2.26. The third-order valence-corrected chi connectivity index (χ3v) is 6.03. The normalized spacial score (nSPS) is 11.7. The molecule has 0 bridgehead atoms. The minimum absolute atomic E-state index is 0.207. The van der Waals surface area contributed by atoms with E-state index in [4.69, 9.17) is 27.9 Å². The van der Waals surface area contributed by atoms with Crippen molar-refractivity contribution in [3.05, 3.63) is 100 Å². The van der Waals surface area contributed by atoms with E-state index in [0.29, 0.717) is 28.3 Å². The lowest BCUT2D eigenvalue weighted by molar-refractivity contribution is -0.143. The summed E-state index contributed by atoms with van der Waals surface area (Å²) in [6.45, 7) is 4.67. The van der Waals surface area contributed by atoms with Crippen molar-refractivity contribution in [2.75, 3.05) is 13.2 Å². The summed E-state index contributed by atoms with van der Waals surface area (Å²) in [4.78, 5) is 28.5. The zero-order valence-corrected chi connectivity index (χ0v) is 21.4. The van der Waals surface area contributed by atoms with Crippen molar-refractivity contribution in [3.8, 4) is 5.75 Å². The fourth-order valence-electron chi connectivity index (χ4n) is 3.58. The van der Waals surface area contributed by atoms with Gasteiger partial charge in [0.15, 0.2) is 6.61 Å². The van der Waals surface area contributed by atoms with Crippen molar-refractivity contribution in [2.24, 2.45) is 5.92 Å². The molecule has 3 aromatic rings. The Kier molecular flexibility index (Phi) is 10.0. The number of rotatable bonds is 11. The van der Waals surface area contributed by atoms with Crippen molar-refractivity contribution < 1.29 is 14.3 Å². The highest BCUT2D eigenvalue weighted by Gasteiger charge is 2.31. The van der Waals surface area contributed by atoms with Crippen LogP contribution in [0.4, 0.5) is 0 Å². The van der Waals surface area contributed by atoms with E-state index in [-0.39, 0.29) is 25.0 Å². The Bertz CT molecular complexity index is 1100. The van der Waals surface area contributed by atoms with Crippen molar-refractivity contribution in [1.82, 2.24) is 10.2 Å². The summed E-state index contributed by atoms with van der Waals surface area (Å²) in [5.41, 5.74) is 1.56. The highest BCUT2D eigenvalue weighted by molar-refractivity contribution is 6.32. The quantitative estimate of drug-likeness (QED) is 0.327. The fraction of sp³-hybridized carbons (Fsp3) is 0.286. The van der Waals surface area contributed by atoms with E-state index < -0.39 is 6.04 Å². The molecule has 1 N–H and O–H groups in total. The molecule has 3 aromatic carbocycles. The van der Waals surface area contributed by atoms with Crippen LogP contribution in [0.15, 0.2) is 78.9 Å². The fourth-order valence-corrected chi connectivity index (χ4v) is 3.90. The van der Waals surface area contributed by atoms with Gasteiger partial charge < -0.3 is 15.0 Å². The van der Waals surface area contributed by atoms with Crippen molar-refractivity contribution in [2.45, 2.75) is 32.9 Å². The summed E-state index contributed by atoms with van der Waals surface area (Å²) in [6.07, 6.45) is 0.841. The van der Waals surface area contributed by atoms with Gasteiger partial charge >= 0.3 is 0 Å². The van der Waals surface area contributed by atoms with Crippen LogP contribution < -0.4 is 10.1 Å². The maximum atomic E-state index is 13.6. The molecule has 7 heteroatoms. The molecule has 5 nitrogen and oxygen atoms in total. The van der Waals surface area contributed by atoms with E-state index in [2.05, 4.69) is 19.2 Å². The minimum Gasteiger partial charge on any atom is -0.482 e. The lowest BCUT2D eigenvalue weighted by atomic mass is 10.0. The third-order valence-electron chi connectivity index (χ3n) is 5.47. The van der Waals surface area contributed by atoms with Gasteiger partial charge in [0.05, 0.1) is 5.02 Å². The lowest BCUT2D eigenvalue weighted by Gasteiger charge is -2.31. The average Bonchev–Trinajstić information content (AvgIpc) is 2.84. The summed E-state index contributed by atoms with van der Waals surface area (Å²) in [5.74, 6) is 0.276. The number of nitrogens with zero attached hydrogens (tertiary/aromatic N) is 1. The van der Waals surface area contributed by atoms with Gasteiger partial charge in [0.25, 0.3) is 5.91 Å². The van der Waals surface area contributed by atoms with E-state index in [1.165, 1.54) is 0 Å². The molecule has 1 atom stereocenters. The molecule has 0 aliphatic carbocycles. The van der Waals surface area contributed by atoms with E-state index in [1.807, 2.05) is 42.5 Å². The summed E-state index contributed by atoms with van der Waals surface area (Å²) < 4.78 is 5.74. The monoisotopic (exact) mass is 512 g/mol. The third kappa shape index (κ3) is 8.01. The van der Waals surface area contributed by atoms with Crippen LogP contribution in [0.2, 0.25) is 10.0 Å². The van der Waals surface area contributed by atoms with Gasteiger partial charge in [0, 0.05) is 18.1 Å². The minimum atomic E-state index is -0.832. The number of hydrogen-bond acceptors (Lipinski definition) is 3. The van der Waals surface area contributed by atoms with Gasteiger partial charge in [-0.2, -0.15) is 0 Å². The van der Waals surface area contributed by atoms with E-state index >= 15 is 0 Å². The Hall–Kier alpha value is -3.02. The van der Waals surface area contributed by atoms with Gasteiger partial charge in [0.1, 0.15) is 11.8 Å². The van der Waals surface area contributed by atoms with Gasteiger partial charge in [-0.1, -0.05) is 91.6 Å². The molecule has 0 fully saturated rings. The molecule has 0 unspecified atom stereocenters. The largest absolute Gasteiger partial charge is 0.482 e. The molecule has 0 spiro atoms. The van der Waals surface area contributed by atoms with Crippen LogP contribution in [-0.4, -0.2) is 29.9 Å². The van der Waals surface area contributed by atoms with Gasteiger partial charge in [0.2, 0.25) is 5.91 Å². The molecule has 0 aliphatic rings. The highest BCUT2D eigenvalue weighted by atomic mass is 35.5. The van der Waals surface area contributed by atoms with Crippen LogP contribution in [0.3, 0.4) is 0 Å². The molecule has 0 heterocycles.